The molecule has 1 aliphatic rings. The predicted molar refractivity (Wildman–Crippen MR) is 108 cm³/mol. The third-order valence-electron chi connectivity index (χ3n) is 5.05. The highest BCUT2D eigenvalue weighted by Gasteiger charge is 2.22. The van der Waals surface area contributed by atoms with E-state index in [9.17, 15) is 13.6 Å². The first-order valence-corrected chi connectivity index (χ1v) is 9.52. The van der Waals surface area contributed by atoms with Gasteiger partial charge < -0.3 is 4.90 Å². The average Bonchev–Trinajstić information content (AvgIpc) is 2.75. The van der Waals surface area contributed by atoms with Gasteiger partial charge in [0.15, 0.2) is 5.78 Å². The van der Waals surface area contributed by atoms with Crippen molar-refractivity contribution in [1.29, 1.82) is 0 Å². The highest BCUT2D eigenvalue weighted by molar-refractivity contribution is 5.97. The lowest BCUT2D eigenvalue weighted by molar-refractivity contribution is 0.0983. The lowest BCUT2D eigenvalue weighted by atomic mass is 9.99. The number of carbonyl (C=O) groups is 1. The maximum absolute atomic E-state index is 13.8. The number of hydrogen-bond acceptors (Lipinski definition) is 6. The van der Waals surface area contributed by atoms with E-state index < -0.39 is 23.0 Å². The molecule has 3 heterocycles. The number of ketones is 1. The number of hydrogen-bond donors (Lipinski definition) is 0. The number of halogens is 2. The number of Topliss-reactive ketones (excluding diaryl/α,β-unsaturated/α-hetero) is 1. The van der Waals surface area contributed by atoms with Crippen LogP contribution in [-0.4, -0.2) is 38.8 Å². The quantitative estimate of drug-likeness (QED) is 0.601. The van der Waals surface area contributed by atoms with Crippen molar-refractivity contribution in [2.75, 3.05) is 18.0 Å². The van der Waals surface area contributed by atoms with E-state index in [1.807, 2.05) is 0 Å². The lowest BCUT2D eigenvalue weighted by Gasteiger charge is -2.29. The molecule has 0 fully saturated rings. The molecule has 0 unspecified atom stereocenters. The summed E-state index contributed by atoms with van der Waals surface area (Å²) in [5.41, 5.74) is 2.73. The molecule has 0 saturated carbocycles. The second kappa shape index (κ2) is 8.44. The molecule has 4 rings (SSSR count). The van der Waals surface area contributed by atoms with E-state index in [-0.39, 0.29) is 6.42 Å². The van der Waals surface area contributed by atoms with Crippen LogP contribution in [0, 0.1) is 11.6 Å². The van der Waals surface area contributed by atoms with Crippen LogP contribution in [0.5, 0.6) is 0 Å². The van der Waals surface area contributed by atoms with Crippen molar-refractivity contribution in [2.24, 2.45) is 0 Å². The van der Waals surface area contributed by atoms with Gasteiger partial charge in [-0.25, -0.2) is 18.7 Å². The molecule has 0 atom stereocenters. The number of aromatic nitrogens is 4. The van der Waals surface area contributed by atoms with Crippen LogP contribution in [0.2, 0.25) is 0 Å². The zero-order valence-corrected chi connectivity index (χ0v) is 16.3. The molecule has 1 aromatic carbocycles. The highest BCUT2D eigenvalue weighted by Crippen LogP contribution is 2.26. The summed E-state index contributed by atoms with van der Waals surface area (Å²) >= 11 is 0. The fraction of sp³-hybridized carbons (Fsp3) is 0.227. The van der Waals surface area contributed by atoms with Crippen LogP contribution in [0.15, 0.2) is 54.6 Å². The first kappa shape index (κ1) is 19.8. The number of benzene rings is 1. The molecule has 0 bridgehead atoms. The van der Waals surface area contributed by atoms with Gasteiger partial charge in [0.1, 0.15) is 11.6 Å². The molecular weight excluding hydrogens is 388 g/mol. The summed E-state index contributed by atoms with van der Waals surface area (Å²) in [6.07, 6.45) is 7.10. The van der Waals surface area contributed by atoms with Gasteiger partial charge in [0.05, 0.1) is 29.6 Å². The molecular formula is C22H19F2N5O. The largest absolute Gasteiger partial charge is 0.336 e. The summed E-state index contributed by atoms with van der Waals surface area (Å²) in [6, 6.07) is 5.12. The summed E-state index contributed by atoms with van der Waals surface area (Å²) in [5, 5.41) is 0. The average molecular weight is 407 g/mol. The normalized spacial score (nSPS) is 14.2. The zero-order chi connectivity index (χ0) is 21.1. The van der Waals surface area contributed by atoms with E-state index in [0.29, 0.717) is 23.9 Å². The summed E-state index contributed by atoms with van der Waals surface area (Å²) in [6.45, 7) is 3.47. The van der Waals surface area contributed by atoms with Crippen LogP contribution in [0.1, 0.15) is 35.1 Å². The Hall–Kier alpha value is -3.55. The second-order valence-corrected chi connectivity index (χ2v) is 7.07. The fourth-order valence-electron chi connectivity index (χ4n) is 3.40. The third kappa shape index (κ3) is 4.07. The monoisotopic (exact) mass is 407 g/mol. The van der Waals surface area contributed by atoms with Crippen LogP contribution in [0.3, 0.4) is 0 Å². The summed E-state index contributed by atoms with van der Waals surface area (Å²) < 4.78 is 27.6. The van der Waals surface area contributed by atoms with E-state index in [4.69, 9.17) is 0 Å². The van der Waals surface area contributed by atoms with E-state index in [1.165, 1.54) is 17.8 Å². The lowest BCUT2D eigenvalue weighted by Crippen LogP contribution is -2.32. The molecule has 0 spiro atoms. The van der Waals surface area contributed by atoms with Gasteiger partial charge in [-0.3, -0.25) is 14.8 Å². The molecule has 0 N–H and O–H groups in total. The van der Waals surface area contributed by atoms with Crippen molar-refractivity contribution in [3.63, 3.8) is 0 Å². The molecule has 152 valence electrons. The van der Waals surface area contributed by atoms with Crippen molar-refractivity contribution < 1.29 is 13.6 Å². The molecule has 0 amide bonds. The van der Waals surface area contributed by atoms with Crippen LogP contribution < -0.4 is 4.90 Å². The Labute approximate surface area is 172 Å². The SMILES string of the molecule is CC1=C(c2cnc(CC(=O)c3c(F)cccc3F)cn2)CN(c2ncccn2)CC1. The predicted octanol–water partition coefficient (Wildman–Crippen LogP) is 3.65. The molecule has 30 heavy (non-hydrogen) atoms. The minimum Gasteiger partial charge on any atom is -0.336 e. The first-order valence-electron chi connectivity index (χ1n) is 9.52. The molecule has 0 saturated heterocycles. The van der Waals surface area contributed by atoms with Crippen LogP contribution in [0.25, 0.3) is 5.57 Å². The summed E-state index contributed by atoms with van der Waals surface area (Å²) in [7, 11) is 0. The first-order chi connectivity index (χ1) is 14.5. The van der Waals surface area contributed by atoms with Gasteiger partial charge in [-0.2, -0.15) is 0 Å². The topological polar surface area (TPSA) is 71.9 Å². The van der Waals surface area contributed by atoms with Crippen molar-refractivity contribution in [3.05, 3.63) is 83.2 Å². The number of anilines is 1. The Morgan fingerprint density at radius 2 is 1.77 bits per heavy atom. The molecule has 8 heteroatoms. The second-order valence-electron chi connectivity index (χ2n) is 7.07. The molecule has 6 nitrogen and oxygen atoms in total. The Kier molecular flexibility index (Phi) is 5.56. The van der Waals surface area contributed by atoms with Gasteiger partial charge in [-0.05, 0) is 37.1 Å². The Balaban J connectivity index is 1.51. The molecule has 1 aliphatic heterocycles. The van der Waals surface area contributed by atoms with Crippen LogP contribution in [0.4, 0.5) is 14.7 Å². The number of nitrogens with zero attached hydrogens (tertiary/aromatic N) is 5. The van der Waals surface area contributed by atoms with Gasteiger partial charge in [-0.15, -0.1) is 0 Å². The van der Waals surface area contributed by atoms with Crippen molar-refractivity contribution >= 4 is 17.3 Å². The van der Waals surface area contributed by atoms with Gasteiger partial charge >= 0.3 is 0 Å². The summed E-state index contributed by atoms with van der Waals surface area (Å²) in [4.78, 5) is 31.7. The minimum atomic E-state index is -0.879. The van der Waals surface area contributed by atoms with Gasteiger partial charge in [0.2, 0.25) is 5.95 Å². The minimum absolute atomic E-state index is 0.229. The van der Waals surface area contributed by atoms with Crippen molar-refractivity contribution in [2.45, 2.75) is 19.8 Å². The van der Waals surface area contributed by atoms with Crippen molar-refractivity contribution in [1.82, 2.24) is 19.9 Å². The Morgan fingerprint density at radius 1 is 1.03 bits per heavy atom. The fourth-order valence-corrected chi connectivity index (χ4v) is 3.40. The maximum Gasteiger partial charge on any atom is 0.225 e. The van der Waals surface area contributed by atoms with E-state index >= 15 is 0 Å². The highest BCUT2D eigenvalue weighted by atomic mass is 19.1. The molecule has 3 aromatic rings. The summed E-state index contributed by atoms with van der Waals surface area (Å²) in [5.74, 6) is -1.77. The van der Waals surface area contributed by atoms with Crippen molar-refractivity contribution in [3.8, 4) is 0 Å². The van der Waals surface area contributed by atoms with Gasteiger partial charge in [-0.1, -0.05) is 11.6 Å². The standard InChI is InChI=1S/C22H19F2N5O/c1-14-6-9-29(22-25-7-3-8-26-22)13-16(14)19-12-27-15(11-28-19)10-20(30)21-17(23)4-2-5-18(21)24/h2-5,7-8,11-12H,6,9-10,13H2,1H3. The number of carbonyl (C=O) groups excluding carboxylic acids is 1. The van der Waals surface area contributed by atoms with Crippen LogP contribution >= 0.6 is 0 Å². The molecule has 2 aromatic heterocycles. The maximum atomic E-state index is 13.8. The zero-order valence-electron chi connectivity index (χ0n) is 16.3. The third-order valence-corrected chi connectivity index (χ3v) is 5.05. The van der Waals surface area contributed by atoms with Gasteiger partial charge in [0, 0.05) is 31.7 Å². The molecule has 0 aliphatic carbocycles. The number of rotatable bonds is 5. The van der Waals surface area contributed by atoms with Gasteiger partial charge in [0.25, 0.3) is 0 Å². The van der Waals surface area contributed by atoms with E-state index in [2.05, 4.69) is 31.8 Å². The molecule has 0 radical (unpaired) electrons. The van der Waals surface area contributed by atoms with E-state index in [1.54, 1.807) is 24.7 Å². The van der Waals surface area contributed by atoms with E-state index in [0.717, 1.165) is 30.7 Å². The Morgan fingerprint density at radius 3 is 2.43 bits per heavy atom. The van der Waals surface area contributed by atoms with Crippen LogP contribution in [-0.2, 0) is 6.42 Å². The smallest absolute Gasteiger partial charge is 0.225 e. The Bertz CT molecular complexity index is 1080.